The van der Waals surface area contributed by atoms with Crippen molar-refractivity contribution in [3.05, 3.63) is 0 Å². The minimum atomic E-state index is -0.649. The maximum Gasteiger partial charge on any atom is 0.326 e. The molecule has 0 spiro atoms. The lowest BCUT2D eigenvalue weighted by Gasteiger charge is -2.35. The molecule has 0 aromatic heterocycles. The van der Waals surface area contributed by atoms with Gasteiger partial charge in [0.1, 0.15) is 5.54 Å². The molecular formula is C10H16N2O3. The van der Waals surface area contributed by atoms with E-state index in [4.69, 9.17) is 14.7 Å². The monoisotopic (exact) mass is 212 g/mol. The van der Waals surface area contributed by atoms with Crippen LogP contribution in [0.25, 0.3) is 0 Å². The number of carbonyl (C=O) groups is 1. The van der Waals surface area contributed by atoms with Gasteiger partial charge in [-0.3, -0.25) is 4.79 Å². The maximum absolute atomic E-state index is 11.7. The standard InChI is InChI=1S/C10H16N2O3/c1-14-9(13)10(12-6-2-5-11)3-7-15-8-4-10/h12H,2-4,6-8H2,1H3. The van der Waals surface area contributed by atoms with Crippen molar-refractivity contribution in [1.29, 1.82) is 5.26 Å². The highest BCUT2D eigenvalue weighted by Gasteiger charge is 2.40. The molecule has 1 saturated heterocycles. The molecule has 1 aliphatic heterocycles. The zero-order valence-corrected chi connectivity index (χ0v) is 8.91. The van der Waals surface area contributed by atoms with Gasteiger partial charge in [-0.2, -0.15) is 5.26 Å². The Bertz CT molecular complexity index is 254. The normalized spacial score (nSPS) is 19.2. The van der Waals surface area contributed by atoms with Crippen LogP contribution in [0.4, 0.5) is 0 Å². The largest absolute Gasteiger partial charge is 0.468 e. The van der Waals surface area contributed by atoms with Gasteiger partial charge in [-0.25, -0.2) is 0 Å². The third-order valence-corrected chi connectivity index (χ3v) is 2.62. The third-order valence-electron chi connectivity index (χ3n) is 2.62. The number of rotatable bonds is 4. The smallest absolute Gasteiger partial charge is 0.326 e. The van der Waals surface area contributed by atoms with Crippen molar-refractivity contribution < 1.29 is 14.3 Å². The van der Waals surface area contributed by atoms with Gasteiger partial charge >= 0.3 is 5.97 Å². The van der Waals surface area contributed by atoms with Gasteiger partial charge in [0.25, 0.3) is 0 Å². The summed E-state index contributed by atoms with van der Waals surface area (Å²) in [6.45, 7) is 1.61. The molecule has 15 heavy (non-hydrogen) atoms. The summed E-state index contributed by atoms with van der Waals surface area (Å²) in [6.07, 6.45) is 1.59. The van der Waals surface area contributed by atoms with Crippen LogP contribution in [0.5, 0.6) is 0 Å². The zero-order chi connectivity index (χ0) is 11.1. The Morgan fingerprint density at radius 2 is 2.27 bits per heavy atom. The molecule has 1 aliphatic rings. The van der Waals surface area contributed by atoms with E-state index in [1.165, 1.54) is 7.11 Å². The number of nitrogens with zero attached hydrogens (tertiary/aromatic N) is 1. The molecule has 0 amide bonds. The molecule has 0 radical (unpaired) electrons. The number of carbonyl (C=O) groups excluding carboxylic acids is 1. The van der Waals surface area contributed by atoms with Crippen molar-refractivity contribution in [1.82, 2.24) is 5.32 Å². The lowest BCUT2D eigenvalue weighted by Crippen LogP contribution is -2.56. The second kappa shape index (κ2) is 5.69. The Kier molecular flexibility index (Phi) is 4.53. The number of hydrogen-bond donors (Lipinski definition) is 1. The van der Waals surface area contributed by atoms with E-state index in [9.17, 15) is 4.79 Å². The Morgan fingerprint density at radius 1 is 1.60 bits per heavy atom. The van der Waals surface area contributed by atoms with Crippen molar-refractivity contribution in [3.8, 4) is 6.07 Å². The highest BCUT2D eigenvalue weighted by Crippen LogP contribution is 2.22. The van der Waals surface area contributed by atoms with Crippen LogP contribution in [-0.2, 0) is 14.3 Å². The predicted molar refractivity (Wildman–Crippen MR) is 53.0 cm³/mol. The summed E-state index contributed by atoms with van der Waals surface area (Å²) in [5, 5.41) is 11.6. The van der Waals surface area contributed by atoms with Gasteiger partial charge in [-0.05, 0) is 12.8 Å². The van der Waals surface area contributed by atoms with Gasteiger partial charge in [0.05, 0.1) is 13.2 Å². The molecule has 5 heteroatoms. The van der Waals surface area contributed by atoms with Crippen molar-refractivity contribution in [2.45, 2.75) is 24.8 Å². The quantitative estimate of drug-likeness (QED) is 0.533. The van der Waals surface area contributed by atoms with E-state index >= 15 is 0 Å². The van der Waals surface area contributed by atoms with E-state index in [2.05, 4.69) is 5.32 Å². The fraction of sp³-hybridized carbons (Fsp3) is 0.800. The van der Waals surface area contributed by atoms with Gasteiger partial charge in [-0.15, -0.1) is 0 Å². The zero-order valence-electron chi connectivity index (χ0n) is 8.91. The lowest BCUT2D eigenvalue weighted by atomic mass is 9.90. The van der Waals surface area contributed by atoms with Gasteiger partial charge in [0.2, 0.25) is 0 Å². The fourth-order valence-electron chi connectivity index (χ4n) is 1.73. The molecule has 0 aliphatic carbocycles. The Hall–Kier alpha value is -1.12. The van der Waals surface area contributed by atoms with Crippen LogP contribution in [0.1, 0.15) is 19.3 Å². The molecule has 0 bridgehead atoms. The van der Waals surface area contributed by atoms with Gasteiger partial charge in [0, 0.05) is 26.2 Å². The highest BCUT2D eigenvalue weighted by molar-refractivity contribution is 5.80. The minimum Gasteiger partial charge on any atom is -0.468 e. The lowest BCUT2D eigenvalue weighted by molar-refractivity contribution is -0.152. The summed E-state index contributed by atoms with van der Waals surface area (Å²) < 4.78 is 10.00. The molecule has 0 unspecified atom stereocenters. The van der Waals surface area contributed by atoms with Crippen LogP contribution in [-0.4, -0.2) is 38.4 Å². The maximum atomic E-state index is 11.7. The average molecular weight is 212 g/mol. The number of esters is 1. The van der Waals surface area contributed by atoms with Crippen LogP contribution in [0, 0.1) is 11.3 Å². The summed E-state index contributed by atoms with van der Waals surface area (Å²) in [6, 6.07) is 2.04. The van der Waals surface area contributed by atoms with Crippen LogP contribution >= 0.6 is 0 Å². The number of nitrogens with one attached hydrogen (secondary N) is 1. The van der Waals surface area contributed by atoms with Crippen LogP contribution < -0.4 is 5.32 Å². The Morgan fingerprint density at radius 3 is 2.80 bits per heavy atom. The van der Waals surface area contributed by atoms with Crippen LogP contribution in [0.3, 0.4) is 0 Å². The number of methoxy groups -OCH3 is 1. The summed E-state index contributed by atoms with van der Waals surface area (Å²) >= 11 is 0. The van der Waals surface area contributed by atoms with E-state index in [0.29, 0.717) is 39.0 Å². The SMILES string of the molecule is COC(=O)C1(NCCC#N)CCOCC1. The predicted octanol–water partition coefficient (Wildman–Crippen LogP) is 0.212. The van der Waals surface area contributed by atoms with Crippen LogP contribution in [0.2, 0.25) is 0 Å². The first-order valence-electron chi connectivity index (χ1n) is 5.03. The molecule has 5 nitrogen and oxygen atoms in total. The van der Waals surface area contributed by atoms with E-state index in [1.807, 2.05) is 6.07 Å². The Labute approximate surface area is 89.3 Å². The van der Waals surface area contributed by atoms with Crippen LogP contribution in [0.15, 0.2) is 0 Å². The summed E-state index contributed by atoms with van der Waals surface area (Å²) in [5.74, 6) is -0.260. The summed E-state index contributed by atoms with van der Waals surface area (Å²) in [5.41, 5.74) is -0.649. The second-order valence-corrected chi connectivity index (χ2v) is 3.52. The second-order valence-electron chi connectivity index (χ2n) is 3.52. The topological polar surface area (TPSA) is 71.3 Å². The average Bonchev–Trinajstić information content (AvgIpc) is 2.29. The van der Waals surface area contributed by atoms with E-state index in [1.54, 1.807) is 0 Å². The summed E-state index contributed by atoms with van der Waals surface area (Å²) in [4.78, 5) is 11.7. The van der Waals surface area contributed by atoms with E-state index < -0.39 is 5.54 Å². The molecule has 1 heterocycles. The summed E-state index contributed by atoms with van der Waals surface area (Å²) in [7, 11) is 1.38. The molecule has 1 N–H and O–H groups in total. The van der Waals surface area contributed by atoms with Crippen molar-refractivity contribution in [3.63, 3.8) is 0 Å². The highest BCUT2D eigenvalue weighted by atomic mass is 16.5. The van der Waals surface area contributed by atoms with Gasteiger partial charge in [-0.1, -0.05) is 0 Å². The van der Waals surface area contributed by atoms with Crippen molar-refractivity contribution >= 4 is 5.97 Å². The molecule has 0 atom stereocenters. The first-order valence-corrected chi connectivity index (χ1v) is 5.03. The van der Waals surface area contributed by atoms with Crippen molar-refractivity contribution in [2.24, 2.45) is 0 Å². The van der Waals surface area contributed by atoms with Crippen molar-refractivity contribution in [2.75, 3.05) is 26.9 Å². The van der Waals surface area contributed by atoms with Gasteiger partial charge in [0.15, 0.2) is 0 Å². The first kappa shape index (κ1) is 12.0. The first-order chi connectivity index (χ1) is 7.25. The number of ether oxygens (including phenoxy) is 2. The minimum absolute atomic E-state index is 0.260. The molecule has 0 saturated carbocycles. The molecule has 0 aromatic carbocycles. The molecule has 1 rings (SSSR count). The molecule has 1 fully saturated rings. The number of hydrogen-bond acceptors (Lipinski definition) is 5. The van der Waals surface area contributed by atoms with E-state index in [-0.39, 0.29) is 5.97 Å². The van der Waals surface area contributed by atoms with E-state index in [0.717, 1.165) is 0 Å². The van der Waals surface area contributed by atoms with Gasteiger partial charge < -0.3 is 14.8 Å². The third kappa shape index (κ3) is 2.91. The molecular weight excluding hydrogens is 196 g/mol. The molecule has 0 aromatic rings. The fourth-order valence-corrected chi connectivity index (χ4v) is 1.73. The number of nitriles is 1. The Balaban J connectivity index is 2.59. The molecule has 84 valence electrons.